The molecule has 0 saturated carbocycles. The first kappa shape index (κ1) is 16.1. The molecular weight excluding hydrogens is 326 g/mol. The van der Waals surface area contributed by atoms with E-state index in [-0.39, 0.29) is 6.04 Å². The summed E-state index contributed by atoms with van der Waals surface area (Å²) in [5.74, 6) is 1.71. The summed E-state index contributed by atoms with van der Waals surface area (Å²) in [7, 11) is 1.60. The van der Waals surface area contributed by atoms with E-state index in [9.17, 15) is 0 Å². The van der Waals surface area contributed by atoms with Gasteiger partial charge in [-0.3, -0.25) is 4.57 Å². The number of nitrogens with one attached hydrogen (secondary N) is 1. The molecule has 1 atom stereocenters. The highest BCUT2D eigenvalue weighted by Gasteiger charge is 2.12. The highest BCUT2D eigenvalue weighted by Crippen LogP contribution is 2.23. The molecule has 26 heavy (non-hydrogen) atoms. The molecule has 4 rings (SSSR count). The fourth-order valence-corrected chi connectivity index (χ4v) is 2.87. The third-order valence-electron chi connectivity index (χ3n) is 4.24. The molecule has 0 saturated heterocycles. The molecule has 0 aliphatic carbocycles. The number of benzene rings is 2. The predicted octanol–water partition coefficient (Wildman–Crippen LogP) is 4.00. The number of fused-ring (bicyclic) bond motifs is 1. The van der Waals surface area contributed by atoms with E-state index in [1.54, 1.807) is 19.5 Å². The first-order valence-electron chi connectivity index (χ1n) is 8.41. The molecule has 2 heterocycles. The Labute approximate surface area is 151 Å². The minimum absolute atomic E-state index is 0.0655. The molecule has 0 radical (unpaired) electrons. The molecule has 0 amide bonds. The van der Waals surface area contributed by atoms with Crippen LogP contribution < -0.4 is 10.1 Å². The number of nitrogens with zero attached hydrogens (tertiary/aromatic N) is 4. The van der Waals surface area contributed by atoms with E-state index in [1.165, 1.54) is 0 Å². The molecule has 2 aromatic carbocycles. The molecule has 130 valence electrons. The van der Waals surface area contributed by atoms with E-state index < -0.39 is 0 Å². The number of ether oxygens (including phenoxy) is 1. The average Bonchev–Trinajstić information content (AvgIpc) is 3.12. The highest BCUT2D eigenvalue weighted by atomic mass is 16.5. The van der Waals surface area contributed by atoms with E-state index in [2.05, 4.69) is 39.3 Å². The van der Waals surface area contributed by atoms with Gasteiger partial charge >= 0.3 is 0 Å². The van der Waals surface area contributed by atoms with Gasteiger partial charge in [-0.1, -0.05) is 42.5 Å². The van der Waals surface area contributed by atoms with Crippen LogP contribution in [0.4, 0.5) is 5.95 Å². The minimum atomic E-state index is 0.0655. The van der Waals surface area contributed by atoms with Gasteiger partial charge < -0.3 is 10.1 Å². The second-order valence-electron chi connectivity index (χ2n) is 5.97. The topological polar surface area (TPSA) is 64.9 Å². The molecule has 0 spiro atoms. The summed E-state index contributed by atoms with van der Waals surface area (Å²) >= 11 is 0. The van der Waals surface area contributed by atoms with E-state index in [0.717, 1.165) is 16.6 Å². The Morgan fingerprint density at radius 1 is 1.00 bits per heavy atom. The molecule has 2 aromatic heterocycles. The third-order valence-corrected chi connectivity index (χ3v) is 4.24. The molecule has 4 aromatic rings. The van der Waals surface area contributed by atoms with Crippen molar-refractivity contribution >= 4 is 17.0 Å². The van der Waals surface area contributed by atoms with Crippen molar-refractivity contribution < 1.29 is 4.74 Å². The van der Waals surface area contributed by atoms with E-state index in [4.69, 9.17) is 4.74 Å². The van der Waals surface area contributed by atoms with Crippen LogP contribution in [0.15, 0.2) is 67.0 Å². The number of para-hydroxylation sites is 2. The molecule has 1 N–H and O–H groups in total. The van der Waals surface area contributed by atoms with Crippen LogP contribution in [0.2, 0.25) is 0 Å². The van der Waals surface area contributed by atoms with Crippen LogP contribution in [0.1, 0.15) is 18.5 Å². The van der Waals surface area contributed by atoms with Gasteiger partial charge in [-0.05, 0) is 24.6 Å². The fraction of sp³-hybridized carbons (Fsp3) is 0.150. The zero-order chi connectivity index (χ0) is 17.9. The van der Waals surface area contributed by atoms with Gasteiger partial charge in [-0.2, -0.15) is 9.97 Å². The van der Waals surface area contributed by atoms with E-state index in [1.807, 2.05) is 47.0 Å². The summed E-state index contributed by atoms with van der Waals surface area (Å²) in [4.78, 5) is 13.5. The maximum Gasteiger partial charge on any atom is 0.228 e. The summed E-state index contributed by atoms with van der Waals surface area (Å²) < 4.78 is 7.30. The van der Waals surface area contributed by atoms with Crippen molar-refractivity contribution in [3.05, 3.63) is 72.6 Å². The molecule has 0 aliphatic rings. The van der Waals surface area contributed by atoms with Crippen molar-refractivity contribution in [2.75, 3.05) is 12.4 Å². The smallest absolute Gasteiger partial charge is 0.228 e. The van der Waals surface area contributed by atoms with Gasteiger partial charge in [0.1, 0.15) is 12.1 Å². The Morgan fingerprint density at radius 3 is 2.58 bits per heavy atom. The fourth-order valence-electron chi connectivity index (χ4n) is 2.87. The van der Waals surface area contributed by atoms with Gasteiger partial charge in [-0.15, -0.1) is 0 Å². The summed E-state index contributed by atoms with van der Waals surface area (Å²) in [6, 6.07) is 20.0. The third kappa shape index (κ3) is 3.09. The Balaban J connectivity index is 1.72. The Morgan fingerprint density at radius 2 is 1.77 bits per heavy atom. The minimum Gasteiger partial charge on any atom is -0.481 e. The quantitative estimate of drug-likeness (QED) is 0.592. The lowest BCUT2D eigenvalue weighted by Crippen LogP contribution is -2.11. The van der Waals surface area contributed by atoms with Crippen molar-refractivity contribution in [3.8, 4) is 11.7 Å². The van der Waals surface area contributed by atoms with Gasteiger partial charge in [0.25, 0.3) is 0 Å². The standard InChI is InChI=1S/C20H19N5O/c1-14(15-8-4-3-5-9-15)22-20-23-18(12-19(24-20)26-2)25-13-21-16-10-6-7-11-17(16)25/h3-14H,1-2H3,(H,22,23,24)/t14-/m0/s1. The molecule has 0 unspecified atom stereocenters. The number of imidazole rings is 1. The maximum absolute atomic E-state index is 5.37. The monoisotopic (exact) mass is 345 g/mol. The molecule has 0 aliphatic heterocycles. The van der Waals surface area contributed by atoms with Gasteiger partial charge in [0, 0.05) is 6.07 Å². The lowest BCUT2D eigenvalue weighted by atomic mass is 10.1. The van der Waals surface area contributed by atoms with Crippen molar-refractivity contribution in [1.82, 2.24) is 19.5 Å². The lowest BCUT2D eigenvalue weighted by molar-refractivity contribution is 0.397. The van der Waals surface area contributed by atoms with Crippen LogP contribution in [0.5, 0.6) is 5.88 Å². The average molecular weight is 345 g/mol. The van der Waals surface area contributed by atoms with Gasteiger partial charge in [0.05, 0.1) is 24.2 Å². The van der Waals surface area contributed by atoms with Gasteiger partial charge in [-0.25, -0.2) is 4.98 Å². The highest BCUT2D eigenvalue weighted by molar-refractivity contribution is 5.76. The SMILES string of the molecule is COc1cc(-n2cnc3ccccc32)nc(N[C@@H](C)c2ccccc2)n1. The van der Waals surface area contributed by atoms with Crippen LogP contribution in [0.3, 0.4) is 0 Å². The second-order valence-corrected chi connectivity index (χ2v) is 5.97. The molecule has 6 heteroatoms. The van der Waals surface area contributed by atoms with Crippen LogP contribution in [-0.2, 0) is 0 Å². The zero-order valence-corrected chi connectivity index (χ0v) is 14.6. The van der Waals surface area contributed by atoms with Crippen LogP contribution in [0.25, 0.3) is 16.9 Å². The van der Waals surface area contributed by atoms with Gasteiger partial charge in [0.15, 0.2) is 0 Å². The molecule has 0 bridgehead atoms. The largest absolute Gasteiger partial charge is 0.481 e. The molecule has 0 fully saturated rings. The lowest BCUT2D eigenvalue weighted by Gasteiger charge is -2.15. The van der Waals surface area contributed by atoms with Crippen molar-refractivity contribution in [3.63, 3.8) is 0 Å². The van der Waals surface area contributed by atoms with Crippen molar-refractivity contribution in [2.24, 2.45) is 0 Å². The summed E-state index contributed by atoms with van der Waals surface area (Å²) in [6.07, 6.45) is 1.76. The van der Waals surface area contributed by atoms with Crippen molar-refractivity contribution in [1.29, 1.82) is 0 Å². The summed E-state index contributed by atoms with van der Waals surface area (Å²) in [5, 5.41) is 3.35. The van der Waals surface area contributed by atoms with Crippen molar-refractivity contribution in [2.45, 2.75) is 13.0 Å². The van der Waals surface area contributed by atoms with Crippen LogP contribution in [0, 0.1) is 0 Å². The number of hydrogen-bond acceptors (Lipinski definition) is 5. The first-order valence-corrected chi connectivity index (χ1v) is 8.41. The number of methoxy groups -OCH3 is 1. The summed E-state index contributed by atoms with van der Waals surface area (Å²) in [5.41, 5.74) is 3.06. The van der Waals surface area contributed by atoms with Crippen LogP contribution >= 0.6 is 0 Å². The predicted molar refractivity (Wildman–Crippen MR) is 102 cm³/mol. The maximum atomic E-state index is 5.37. The Kier molecular flexibility index (Phi) is 4.23. The summed E-state index contributed by atoms with van der Waals surface area (Å²) in [6.45, 7) is 2.07. The van der Waals surface area contributed by atoms with Crippen LogP contribution in [-0.4, -0.2) is 26.6 Å². The molecule has 6 nitrogen and oxygen atoms in total. The van der Waals surface area contributed by atoms with E-state index in [0.29, 0.717) is 17.6 Å². The second kappa shape index (κ2) is 6.84. The number of hydrogen-bond donors (Lipinski definition) is 1. The zero-order valence-electron chi connectivity index (χ0n) is 14.6. The number of rotatable bonds is 5. The molecular formula is C20H19N5O. The van der Waals surface area contributed by atoms with Gasteiger partial charge in [0.2, 0.25) is 11.8 Å². The Bertz CT molecular complexity index is 1030. The first-order chi connectivity index (χ1) is 12.7. The Hall–Kier alpha value is -3.41. The number of anilines is 1. The normalized spacial score (nSPS) is 12.1. The number of aromatic nitrogens is 4. The van der Waals surface area contributed by atoms with E-state index >= 15 is 0 Å².